The zero-order valence-corrected chi connectivity index (χ0v) is 19.2. The van der Waals surface area contributed by atoms with Crippen molar-refractivity contribution < 1.29 is 19.0 Å². The van der Waals surface area contributed by atoms with Gasteiger partial charge in [-0.2, -0.15) is 0 Å². The Hall–Kier alpha value is -2.32. The first kappa shape index (κ1) is 24.9. The number of benzene rings is 1. The minimum atomic E-state index is -0.219. The maximum absolute atomic E-state index is 11.9. The summed E-state index contributed by atoms with van der Waals surface area (Å²) in [6.07, 6.45) is 1.53. The van der Waals surface area contributed by atoms with Gasteiger partial charge in [0.15, 0.2) is 5.96 Å². The molecule has 1 saturated heterocycles. The summed E-state index contributed by atoms with van der Waals surface area (Å²) in [6, 6.07) is 8.60. The SMILES string of the molecule is CCNC(=NCc1cccc(COCCOCC)c1)NC1CCN(C(=O)OCC)CC1. The summed E-state index contributed by atoms with van der Waals surface area (Å²) in [6.45, 7) is 11.6. The van der Waals surface area contributed by atoms with Crippen LogP contribution in [0.4, 0.5) is 4.79 Å². The molecule has 8 heteroatoms. The molecule has 1 aromatic carbocycles. The molecular formula is C23H38N4O4. The lowest BCUT2D eigenvalue weighted by atomic mass is 10.1. The predicted octanol–water partition coefficient (Wildman–Crippen LogP) is 2.92. The van der Waals surface area contributed by atoms with Crippen molar-refractivity contribution in [2.45, 2.75) is 52.8 Å². The highest BCUT2D eigenvalue weighted by atomic mass is 16.6. The van der Waals surface area contributed by atoms with Gasteiger partial charge in [0.25, 0.3) is 0 Å². The molecule has 2 N–H and O–H groups in total. The van der Waals surface area contributed by atoms with E-state index in [1.54, 1.807) is 4.90 Å². The van der Waals surface area contributed by atoms with Crippen LogP contribution in [0.5, 0.6) is 0 Å². The van der Waals surface area contributed by atoms with Crippen LogP contribution in [0.1, 0.15) is 44.7 Å². The molecule has 0 saturated carbocycles. The third-order valence-corrected chi connectivity index (χ3v) is 4.96. The number of guanidine groups is 1. The molecule has 0 radical (unpaired) electrons. The normalized spacial score (nSPS) is 15.1. The number of amides is 1. The summed E-state index contributed by atoms with van der Waals surface area (Å²) in [5.74, 6) is 0.801. The van der Waals surface area contributed by atoms with E-state index in [-0.39, 0.29) is 12.1 Å². The second-order valence-electron chi connectivity index (χ2n) is 7.37. The molecule has 1 fully saturated rings. The minimum absolute atomic E-state index is 0.219. The molecule has 0 aromatic heterocycles. The van der Waals surface area contributed by atoms with E-state index < -0.39 is 0 Å². The quantitative estimate of drug-likeness (QED) is 0.317. The average molecular weight is 435 g/mol. The van der Waals surface area contributed by atoms with Crippen molar-refractivity contribution in [2.24, 2.45) is 4.99 Å². The van der Waals surface area contributed by atoms with Gasteiger partial charge in [-0.1, -0.05) is 24.3 Å². The number of nitrogens with one attached hydrogen (secondary N) is 2. The maximum Gasteiger partial charge on any atom is 0.409 e. The number of hydrogen-bond donors (Lipinski definition) is 2. The number of nitrogens with zero attached hydrogens (tertiary/aromatic N) is 2. The largest absolute Gasteiger partial charge is 0.450 e. The summed E-state index contributed by atoms with van der Waals surface area (Å²) in [7, 11) is 0. The molecule has 0 unspecified atom stereocenters. The van der Waals surface area contributed by atoms with E-state index in [2.05, 4.69) is 35.8 Å². The van der Waals surface area contributed by atoms with Gasteiger partial charge in [-0.15, -0.1) is 0 Å². The van der Waals surface area contributed by atoms with Gasteiger partial charge in [-0.3, -0.25) is 0 Å². The Morgan fingerprint density at radius 2 is 1.84 bits per heavy atom. The highest BCUT2D eigenvalue weighted by Gasteiger charge is 2.24. The standard InChI is InChI=1S/C23H38N4O4/c1-4-24-22(26-21-10-12-27(13-11-21)23(28)31-6-3)25-17-19-8-7-9-20(16-19)18-30-15-14-29-5-2/h7-9,16,21H,4-6,10-15,17-18H2,1-3H3,(H2,24,25,26). The third kappa shape index (κ3) is 9.57. The number of ether oxygens (including phenoxy) is 3. The van der Waals surface area contributed by atoms with Gasteiger partial charge in [0, 0.05) is 32.3 Å². The van der Waals surface area contributed by atoms with Crippen molar-refractivity contribution in [3.63, 3.8) is 0 Å². The molecule has 1 amide bonds. The van der Waals surface area contributed by atoms with Crippen LogP contribution in [0.3, 0.4) is 0 Å². The van der Waals surface area contributed by atoms with Crippen molar-refractivity contribution in [2.75, 3.05) is 46.1 Å². The van der Waals surface area contributed by atoms with Gasteiger partial charge in [-0.25, -0.2) is 9.79 Å². The summed E-state index contributed by atoms with van der Waals surface area (Å²) < 4.78 is 16.0. The molecule has 31 heavy (non-hydrogen) atoms. The number of aliphatic imine (C=N–C) groups is 1. The number of hydrogen-bond acceptors (Lipinski definition) is 5. The molecule has 1 aromatic rings. The van der Waals surface area contributed by atoms with Gasteiger partial charge >= 0.3 is 6.09 Å². The molecule has 0 aliphatic carbocycles. The lowest BCUT2D eigenvalue weighted by Crippen LogP contribution is -2.49. The predicted molar refractivity (Wildman–Crippen MR) is 122 cm³/mol. The molecule has 0 atom stereocenters. The van der Waals surface area contributed by atoms with Crippen LogP contribution < -0.4 is 10.6 Å². The van der Waals surface area contributed by atoms with Crippen LogP contribution in [0, 0.1) is 0 Å². The third-order valence-electron chi connectivity index (χ3n) is 4.96. The molecule has 8 nitrogen and oxygen atoms in total. The Bertz CT molecular complexity index is 675. The minimum Gasteiger partial charge on any atom is -0.450 e. The van der Waals surface area contributed by atoms with Gasteiger partial charge in [0.2, 0.25) is 0 Å². The second-order valence-corrected chi connectivity index (χ2v) is 7.37. The fraction of sp³-hybridized carbons (Fsp3) is 0.652. The topological polar surface area (TPSA) is 84.4 Å². The van der Waals surface area contributed by atoms with E-state index >= 15 is 0 Å². The first-order valence-electron chi connectivity index (χ1n) is 11.4. The lowest BCUT2D eigenvalue weighted by Gasteiger charge is -2.32. The lowest BCUT2D eigenvalue weighted by molar-refractivity contribution is 0.0453. The van der Waals surface area contributed by atoms with E-state index in [1.165, 1.54) is 0 Å². The Morgan fingerprint density at radius 3 is 2.55 bits per heavy atom. The van der Waals surface area contributed by atoms with Crippen molar-refractivity contribution >= 4 is 12.1 Å². The summed E-state index contributed by atoms with van der Waals surface area (Å²) in [5.41, 5.74) is 2.27. The highest BCUT2D eigenvalue weighted by Crippen LogP contribution is 2.12. The number of likely N-dealkylation sites (tertiary alicyclic amines) is 1. The Balaban J connectivity index is 1.83. The fourth-order valence-corrected chi connectivity index (χ4v) is 3.37. The van der Waals surface area contributed by atoms with E-state index in [1.807, 2.05) is 19.9 Å². The molecule has 174 valence electrons. The van der Waals surface area contributed by atoms with E-state index in [4.69, 9.17) is 19.2 Å². The molecule has 0 bridgehead atoms. The molecule has 1 heterocycles. The van der Waals surface area contributed by atoms with E-state index in [9.17, 15) is 4.79 Å². The van der Waals surface area contributed by atoms with Crippen LogP contribution in [-0.4, -0.2) is 69.1 Å². The summed E-state index contributed by atoms with van der Waals surface area (Å²) in [5, 5.41) is 6.83. The summed E-state index contributed by atoms with van der Waals surface area (Å²) in [4.78, 5) is 18.4. The van der Waals surface area contributed by atoms with Crippen LogP contribution in [0.15, 0.2) is 29.3 Å². The summed E-state index contributed by atoms with van der Waals surface area (Å²) >= 11 is 0. The first-order chi connectivity index (χ1) is 15.2. The van der Waals surface area contributed by atoms with E-state index in [0.29, 0.717) is 52.7 Å². The van der Waals surface area contributed by atoms with Crippen molar-refractivity contribution in [3.05, 3.63) is 35.4 Å². The first-order valence-corrected chi connectivity index (χ1v) is 11.4. The van der Waals surface area contributed by atoms with Crippen molar-refractivity contribution in [3.8, 4) is 0 Å². The van der Waals surface area contributed by atoms with Crippen LogP contribution in [0.25, 0.3) is 0 Å². The molecular weight excluding hydrogens is 396 g/mol. The smallest absolute Gasteiger partial charge is 0.409 e. The zero-order chi connectivity index (χ0) is 22.3. The highest BCUT2D eigenvalue weighted by molar-refractivity contribution is 5.80. The fourth-order valence-electron chi connectivity index (χ4n) is 3.37. The van der Waals surface area contributed by atoms with E-state index in [0.717, 1.165) is 36.5 Å². The molecule has 0 spiro atoms. The maximum atomic E-state index is 11.9. The zero-order valence-electron chi connectivity index (χ0n) is 19.2. The number of piperidine rings is 1. The number of rotatable bonds is 11. The van der Waals surface area contributed by atoms with Gasteiger partial charge < -0.3 is 29.7 Å². The molecule has 2 rings (SSSR count). The Kier molecular flexibility index (Phi) is 11.8. The van der Waals surface area contributed by atoms with Gasteiger partial charge in [0.05, 0.1) is 33.0 Å². The van der Waals surface area contributed by atoms with Crippen molar-refractivity contribution in [1.29, 1.82) is 0 Å². The monoisotopic (exact) mass is 434 g/mol. The second kappa shape index (κ2) is 14.6. The van der Waals surface area contributed by atoms with Crippen molar-refractivity contribution in [1.82, 2.24) is 15.5 Å². The number of carbonyl (C=O) groups is 1. The van der Waals surface area contributed by atoms with Crippen LogP contribution in [-0.2, 0) is 27.4 Å². The van der Waals surface area contributed by atoms with Crippen LogP contribution >= 0.6 is 0 Å². The Morgan fingerprint density at radius 1 is 1.10 bits per heavy atom. The number of carbonyl (C=O) groups excluding carboxylic acids is 1. The average Bonchev–Trinajstić information content (AvgIpc) is 2.78. The van der Waals surface area contributed by atoms with Gasteiger partial charge in [0.1, 0.15) is 0 Å². The molecule has 1 aliphatic heterocycles. The Labute approximate surface area is 186 Å². The van der Waals surface area contributed by atoms with Crippen LogP contribution in [0.2, 0.25) is 0 Å². The van der Waals surface area contributed by atoms with Gasteiger partial charge in [-0.05, 0) is 44.7 Å². The molecule has 1 aliphatic rings.